The predicted octanol–water partition coefficient (Wildman–Crippen LogP) is 2.56. The third-order valence-electron chi connectivity index (χ3n) is 2.90. The van der Waals surface area contributed by atoms with Gasteiger partial charge in [-0.15, -0.1) is 0 Å². The van der Waals surface area contributed by atoms with E-state index in [1.165, 1.54) is 6.07 Å². The van der Waals surface area contributed by atoms with Crippen LogP contribution in [0.4, 0.5) is 5.69 Å². The van der Waals surface area contributed by atoms with Gasteiger partial charge in [0.05, 0.1) is 11.0 Å². The summed E-state index contributed by atoms with van der Waals surface area (Å²) < 4.78 is 5.56. The molecular weight excluding hydrogens is 258 g/mol. The van der Waals surface area contributed by atoms with Gasteiger partial charge in [-0.05, 0) is 32.4 Å². The Labute approximate surface area is 118 Å². The first-order valence-electron chi connectivity index (χ1n) is 6.46. The van der Waals surface area contributed by atoms with Crippen LogP contribution in [0, 0.1) is 28.4 Å². The van der Waals surface area contributed by atoms with Crippen LogP contribution >= 0.6 is 0 Å². The average molecular weight is 277 g/mol. The summed E-state index contributed by atoms with van der Waals surface area (Å²) in [5.74, 6) is 0.220. The number of para-hydroxylation sites is 1. The number of rotatable bonds is 7. The van der Waals surface area contributed by atoms with Crippen molar-refractivity contribution in [2.75, 3.05) is 13.2 Å². The van der Waals surface area contributed by atoms with Crippen molar-refractivity contribution in [2.24, 2.45) is 0 Å². The highest BCUT2D eigenvalue weighted by molar-refractivity contribution is 5.51. The molecule has 0 bridgehead atoms. The lowest BCUT2D eigenvalue weighted by molar-refractivity contribution is -0.386. The van der Waals surface area contributed by atoms with E-state index in [1.807, 2.05) is 6.92 Å². The molecule has 0 saturated heterocycles. The molecule has 1 aromatic carbocycles. The van der Waals surface area contributed by atoms with Crippen molar-refractivity contribution in [3.05, 3.63) is 33.9 Å². The zero-order chi connectivity index (χ0) is 15.2. The maximum atomic E-state index is 11.0. The van der Waals surface area contributed by atoms with Crippen LogP contribution in [-0.4, -0.2) is 23.6 Å². The second-order valence-corrected chi connectivity index (χ2v) is 4.84. The van der Waals surface area contributed by atoms with E-state index in [0.29, 0.717) is 12.1 Å². The highest BCUT2D eigenvalue weighted by Gasteiger charge is 2.26. The van der Waals surface area contributed by atoms with Crippen LogP contribution in [0.15, 0.2) is 18.2 Å². The standard InChI is InChI=1S/C14H19N3O3/c1-4-8-16-14(3,9-15)10-20-13-11(2)6-5-7-12(13)17(18)19/h5-7,16H,4,8,10H2,1-3H3. The number of nitrogens with zero attached hydrogens (tertiary/aromatic N) is 2. The van der Waals surface area contributed by atoms with E-state index in [4.69, 9.17) is 4.74 Å². The normalized spacial score (nSPS) is 13.3. The molecule has 0 aliphatic heterocycles. The minimum Gasteiger partial charge on any atom is -0.484 e. The smallest absolute Gasteiger partial charge is 0.311 e. The molecule has 6 heteroatoms. The Kier molecular flexibility index (Phi) is 5.47. The minimum atomic E-state index is -0.869. The second-order valence-electron chi connectivity index (χ2n) is 4.84. The van der Waals surface area contributed by atoms with Crippen LogP contribution in [0.3, 0.4) is 0 Å². The Morgan fingerprint density at radius 1 is 1.55 bits per heavy atom. The molecule has 6 nitrogen and oxygen atoms in total. The number of nitriles is 1. The molecule has 1 N–H and O–H groups in total. The summed E-state index contributed by atoms with van der Waals surface area (Å²) in [7, 11) is 0. The van der Waals surface area contributed by atoms with Gasteiger partial charge in [-0.25, -0.2) is 0 Å². The largest absolute Gasteiger partial charge is 0.484 e. The van der Waals surface area contributed by atoms with Crippen LogP contribution < -0.4 is 10.1 Å². The van der Waals surface area contributed by atoms with Crippen LogP contribution in [0.25, 0.3) is 0 Å². The zero-order valence-corrected chi connectivity index (χ0v) is 12.0. The highest BCUT2D eigenvalue weighted by Crippen LogP contribution is 2.30. The first-order valence-corrected chi connectivity index (χ1v) is 6.46. The fourth-order valence-electron chi connectivity index (χ4n) is 1.71. The Bertz CT molecular complexity index is 525. The number of nitrogens with one attached hydrogen (secondary N) is 1. The van der Waals surface area contributed by atoms with Gasteiger partial charge in [0, 0.05) is 6.07 Å². The maximum Gasteiger partial charge on any atom is 0.311 e. The number of hydrogen-bond acceptors (Lipinski definition) is 5. The van der Waals surface area contributed by atoms with Crippen molar-refractivity contribution >= 4 is 5.69 Å². The summed E-state index contributed by atoms with van der Waals surface area (Å²) in [5, 5.41) is 23.3. The number of ether oxygens (including phenoxy) is 1. The molecule has 1 atom stereocenters. The Hall–Kier alpha value is -2.13. The highest BCUT2D eigenvalue weighted by atomic mass is 16.6. The average Bonchev–Trinajstić information content (AvgIpc) is 2.43. The fourth-order valence-corrected chi connectivity index (χ4v) is 1.71. The SMILES string of the molecule is CCCNC(C)(C#N)COc1c(C)cccc1[N+](=O)[O-]. The van der Waals surface area contributed by atoms with Crippen LogP contribution in [0.5, 0.6) is 5.75 Å². The van der Waals surface area contributed by atoms with E-state index in [1.54, 1.807) is 26.0 Å². The molecule has 108 valence electrons. The predicted molar refractivity (Wildman–Crippen MR) is 75.6 cm³/mol. The van der Waals surface area contributed by atoms with E-state index < -0.39 is 10.5 Å². The van der Waals surface area contributed by atoms with Gasteiger partial charge >= 0.3 is 5.69 Å². The molecule has 1 aromatic rings. The molecule has 0 aliphatic rings. The molecule has 0 radical (unpaired) electrons. The van der Waals surface area contributed by atoms with Crippen molar-refractivity contribution in [1.82, 2.24) is 5.32 Å². The van der Waals surface area contributed by atoms with E-state index in [2.05, 4.69) is 11.4 Å². The lowest BCUT2D eigenvalue weighted by Gasteiger charge is -2.23. The van der Waals surface area contributed by atoms with Crippen LogP contribution in [0.1, 0.15) is 25.8 Å². The molecule has 20 heavy (non-hydrogen) atoms. The summed E-state index contributed by atoms with van der Waals surface area (Å²) in [5.41, 5.74) is -0.276. The van der Waals surface area contributed by atoms with Gasteiger partial charge in [-0.1, -0.05) is 19.1 Å². The van der Waals surface area contributed by atoms with Gasteiger partial charge in [-0.2, -0.15) is 5.26 Å². The van der Waals surface area contributed by atoms with Gasteiger partial charge in [0.25, 0.3) is 0 Å². The maximum absolute atomic E-state index is 11.0. The first-order chi connectivity index (χ1) is 9.43. The third-order valence-corrected chi connectivity index (χ3v) is 2.90. The molecule has 1 rings (SSSR count). The lowest BCUT2D eigenvalue weighted by Crippen LogP contribution is -2.46. The number of benzene rings is 1. The second kappa shape index (κ2) is 6.87. The summed E-state index contributed by atoms with van der Waals surface area (Å²) in [6, 6.07) is 6.89. The molecule has 0 fully saturated rings. The van der Waals surface area contributed by atoms with Gasteiger partial charge < -0.3 is 4.74 Å². The molecule has 0 saturated carbocycles. The number of hydrogen-bond donors (Lipinski definition) is 1. The minimum absolute atomic E-state index is 0.0508. The Morgan fingerprint density at radius 2 is 2.25 bits per heavy atom. The molecule has 0 amide bonds. The van der Waals surface area contributed by atoms with Crippen molar-refractivity contribution in [3.63, 3.8) is 0 Å². The Balaban J connectivity index is 2.89. The van der Waals surface area contributed by atoms with E-state index in [9.17, 15) is 15.4 Å². The number of aryl methyl sites for hydroxylation is 1. The van der Waals surface area contributed by atoms with E-state index in [-0.39, 0.29) is 18.0 Å². The molecule has 0 spiro atoms. The molecule has 0 heterocycles. The van der Waals surface area contributed by atoms with Crippen molar-refractivity contribution < 1.29 is 9.66 Å². The fraction of sp³-hybridized carbons (Fsp3) is 0.500. The van der Waals surface area contributed by atoms with Gasteiger partial charge in [-0.3, -0.25) is 15.4 Å². The first kappa shape index (κ1) is 15.9. The van der Waals surface area contributed by atoms with E-state index >= 15 is 0 Å². The third kappa shape index (κ3) is 3.93. The molecular formula is C14H19N3O3. The van der Waals surface area contributed by atoms with Crippen molar-refractivity contribution in [1.29, 1.82) is 5.26 Å². The summed E-state index contributed by atoms with van der Waals surface area (Å²) in [6.07, 6.45) is 0.891. The molecule has 0 aliphatic carbocycles. The van der Waals surface area contributed by atoms with E-state index in [0.717, 1.165) is 6.42 Å². The summed E-state index contributed by atoms with van der Waals surface area (Å²) in [6.45, 7) is 6.19. The van der Waals surface area contributed by atoms with Gasteiger partial charge in [0.15, 0.2) is 5.75 Å². The molecule has 1 unspecified atom stereocenters. The number of nitro benzene ring substituents is 1. The number of nitro groups is 1. The Morgan fingerprint density at radius 3 is 2.80 bits per heavy atom. The van der Waals surface area contributed by atoms with Crippen molar-refractivity contribution in [2.45, 2.75) is 32.7 Å². The topological polar surface area (TPSA) is 88.2 Å². The lowest BCUT2D eigenvalue weighted by atomic mass is 10.1. The van der Waals surface area contributed by atoms with Gasteiger partial charge in [0.2, 0.25) is 0 Å². The van der Waals surface area contributed by atoms with Gasteiger partial charge in [0.1, 0.15) is 12.1 Å². The van der Waals surface area contributed by atoms with Crippen LogP contribution in [-0.2, 0) is 0 Å². The summed E-state index contributed by atoms with van der Waals surface area (Å²) in [4.78, 5) is 10.5. The van der Waals surface area contributed by atoms with Crippen molar-refractivity contribution in [3.8, 4) is 11.8 Å². The summed E-state index contributed by atoms with van der Waals surface area (Å²) >= 11 is 0. The molecule has 0 aromatic heterocycles. The quantitative estimate of drug-likeness (QED) is 0.611. The monoisotopic (exact) mass is 277 g/mol. The van der Waals surface area contributed by atoms with Crippen LogP contribution in [0.2, 0.25) is 0 Å². The zero-order valence-electron chi connectivity index (χ0n) is 12.0.